The van der Waals surface area contributed by atoms with Gasteiger partial charge in [0, 0.05) is 56.0 Å². The van der Waals surface area contributed by atoms with Gasteiger partial charge in [0.1, 0.15) is 0 Å². The first kappa shape index (κ1) is 22.5. The SMILES string of the molecule is CC(=O)Nc1cccc(NC(=O)C2CCN(C(=O)C3CC(=O)N(c4ccccc4)C3)CC2)c1. The van der Waals surface area contributed by atoms with E-state index in [-0.39, 0.29) is 41.9 Å². The van der Waals surface area contributed by atoms with E-state index in [4.69, 9.17) is 0 Å². The fraction of sp³-hybridized carbons (Fsp3) is 0.360. The van der Waals surface area contributed by atoms with Crippen molar-refractivity contribution in [3.63, 3.8) is 0 Å². The minimum Gasteiger partial charge on any atom is -0.342 e. The Morgan fingerprint density at radius 2 is 1.55 bits per heavy atom. The molecule has 2 saturated heterocycles. The second-order valence-corrected chi connectivity index (χ2v) is 8.59. The van der Waals surface area contributed by atoms with E-state index < -0.39 is 0 Å². The molecule has 0 spiro atoms. The summed E-state index contributed by atoms with van der Waals surface area (Å²) < 4.78 is 0. The highest BCUT2D eigenvalue weighted by molar-refractivity contribution is 6.00. The number of hydrogen-bond acceptors (Lipinski definition) is 4. The second kappa shape index (κ2) is 9.85. The molecule has 0 aromatic heterocycles. The van der Waals surface area contributed by atoms with Gasteiger partial charge in [-0.2, -0.15) is 0 Å². The molecule has 2 fully saturated rings. The van der Waals surface area contributed by atoms with Crippen molar-refractivity contribution in [3.05, 3.63) is 54.6 Å². The van der Waals surface area contributed by atoms with Crippen molar-refractivity contribution >= 4 is 40.7 Å². The normalized spacial score (nSPS) is 18.8. The van der Waals surface area contributed by atoms with Gasteiger partial charge in [0.25, 0.3) is 0 Å². The lowest BCUT2D eigenvalue weighted by Crippen LogP contribution is -2.44. The second-order valence-electron chi connectivity index (χ2n) is 8.59. The molecule has 172 valence electrons. The number of piperidine rings is 1. The van der Waals surface area contributed by atoms with Crippen LogP contribution >= 0.6 is 0 Å². The van der Waals surface area contributed by atoms with Crippen molar-refractivity contribution in [2.75, 3.05) is 35.2 Å². The molecule has 1 atom stereocenters. The molecular weight excluding hydrogens is 420 g/mol. The number of para-hydroxylation sites is 1. The number of carbonyl (C=O) groups is 4. The number of carbonyl (C=O) groups excluding carboxylic acids is 4. The average Bonchev–Trinajstić information content (AvgIpc) is 3.20. The molecule has 2 aliphatic rings. The van der Waals surface area contributed by atoms with Crippen LogP contribution in [0.15, 0.2) is 54.6 Å². The Bertz CT molecular complexity index is 1050. The fourth-order valence-electron chi connectivity index (χ4n) is 4.47. The van der Waals surface area contributed by atoms with Crippen LogP contribution in [0.2, 0.25) is 0 Å². The third-order valence-electron chi connectivity index (χ3n) is 6.17. The van der Waals surface area contributed by atoms with E-state index in [9.17, 15) is 19.2 Å². The molecule has 0 aliphatic carbocycles. The molecule has 0 radical (unpaired) electrons. The fourth-order valence-corrected chi connectivity index (χ4v) is 4.47. The summed E-state index contributed by atoms with van der Waals surface area (Å²) in [4.78, 5) is 52.9. The van der Waals surface area contributed by atoms with E-state index in [1.165, 1.54) is 6.92 Å². The molecule has 2 heterocycles. The third kappa shape index (κ3) is 5.39. The maximum absolute atomic E-state index is 13.0. The zero-order valence-corrected chi connectivity index (χ0v) is 18.6. The highest BCUT2D eigenvalue weighted by Crippen LogP contribution is 2.28. The molecule has 2 aromatic carbocycles. The Hall–Kier alpha value is -3.68. The van der Waals surface area contributed by atoms with E-state index >= 15 is 0 Å². The number of amides is 4. The summed E-state index contributed by atoms with van der Waals surface area (Å²) in [6.45, 7) is 2.82. The maximum Gasteiger partial charge on any atom is 0.228 e. The molecule has 4 amide bonds. The van der Waals surface area contributed by atoms with Gasteiger partial charge in [0.2, 0.25) is 23.6 Å². The predicted molar refractivity (Wildman–Crippen MR) is 126 cm³/mol. The van der Waals surface area contributed by atoms with Gasteiger partial charge in [0.05, 0.1) is 5.92 Å². The summed E-state index contributed by atoms with van der Waals surface area (Å²) >= 11 is 0. The molecular formula is C25H28N4O4. The Morgan fingerprint density at radius 3 is 2.21 bits per heavy atom. The minimum atomic E-state index is -0.348. The molecule has 33 heavy (non-hydrogen) atoms. The first-order chi connectivity index (χ1) is 15.9. The molecule has 0 bridgehead atoms. The summed E-state index contributed by atoms with van der Waals surface area (Å²) in [7, 11) is 0. The smallest absolute Gasteiger partial charge is 0.228 e. The van der Waals surface area contributed by atoms with Crippen molar-refractivity contribution in [2.45, 2.75) is 26.2 Å². The largest absolute Gasteiger partial charge is 0.342 e. The molecule has 1 unspecified atom stereocenters. The Labute approximate surface area is 192 Å². The van der Waals surface area contributed by atoms with Crippen molar-refractivity contribution in [1.29, 1.82) is 0 Å². The highest BCUT2D eigenvalue weighted by Gasteiger charge is 2.38. The maximum atomic E-state index is 13.0. The summed E-state index contributed by atoms with van der Waals surface area (Å²) in [6, 6.07) is 16.4. The van der Waals surface area contributed by atoms with Crippen LogP contribution in [-0.4, -0.2) is 48.2 Å². The Balaban J connectivity index is 1.29. The standard InChI is InChI=1S/C25H28N4O4/c1-17(30)26-20-6-5-7-21(15-20)27-24(32)18-10-12-28(13-11-18)25(33)19-14-23(31)29(16-19)22-8-3-2-4-9-22/h2-9,15,18-19H,10-14,16H2,1H3,(H,26,30)(H,27,32). The average molecular weight is 449 g/mol. The number of benzene rings is 2. The monoisotopic (exact) mass is 448 g/mol. The number of nitrogens with one attached hydrogen (secondary N) is 2. The molecule has 2 aliphatic heterocycles. The third-order valence-corrected chi connectivity index (χ3v) is 6.17. The van der Waals surface area contributed by atoms with Gasteiger partial charge >= 0.3 is 0 Å². The van der Waals surface area contributed by atoms with Crippen molar-refractivity contribution in [3.8, 4) is 0 Å². The number of likely N-dealkylation sites (tertiary alicyclic amines) is 1. The molecule has 8 nitrogen and oxygen atoms in total. The van der Waals surface area contributed by atoms with E-state index in [1.807, 2.05) is 30.3 Å². The Morgan fingerprint density at radius 1 is 0.879 bits per heavy atom. The number of anilines is 3. The minimum absolute atomic E-state index is 0.0105. The van der Waals surface area contributed by atoms with Gasteiger partial charge in [-0.25, -0.2) is 0 Å². The predicted octanol–water partition coefficient (Wildman–Crippen LogP) is 2.88. The first-order valence-corrected chi connectivity index (χ1v) is 11.2. The molecule has 8 heteroatoms. The molecule has 2 N–H and O–H groups in total. The lowest BCUT2D eigenvalue weighted by molar-refractivity contribution is -0.138. The van der Waals surface area contributed by atoms with Crippen LogP contribution in [0, 0.1) is 11.8 Å². The van der Waals surface area contributed by atoms with Gasteiger partial charge in [-0.1, -0.05) is 24.3 Å². The van der Waals surface area contributed by atoms with E-state index in [1.54, 1.807) is 34.1 Å². The van der Waals surface area contributed by atoms with E-state index in [0.717, 1.165) is 5.69 Å². The molecule has 2 aromatic rings. The van der Waals surface area contributed by atoms with Crippen LogP contribution in [0.1, 0.15) is 26.2 Å². The highest BCUT2D eigenvalue weighted by atomic mass is 16.2. The van der Waals surface area contributed by atoms with Crippen LogP contribution < -0.4 is 15.5 Å². The van der Waals surface area contributed by atoms with Crippen LogP contribution in [-0.2, 0) is 19.2 Å². The number of rotatable bonds is 5. The Kier molecular flexibility index (Phi) is 6.72. The summed E-state index contributed by atoms with van der Waals surface area (Å²) in [6.07, 6.45) is 1.37. The van der Waals surface area contributed by atoms with Crippen LogP contribution in [0.5, 0.6) is 0 Å². The van der Waals surface area contributed by atoms with Crippen LogP contribution in [0.4, 0.5) is 17.1 Å². The van der Waals surface area contributed by atoms with Gasteiger partial charge in [0.15, 0.2) is 0 Å². The van der Waals surface area contributed by atoms with Gasteiger partial charge in [-0.05, 0) is 43.2 Å². The summed E-state index contributed by atoms with van der Waals surface area (Å²) in [5.41, 5.74) is 2.06. The molecule has 4 rings (SSSR count). The van der Waals surface area contributed by atoms with Crippen molar-refractivity contribution in [1.82, 2.24) is 4.90 Å². The van der Waals surface area contributed by atoms with Gasteiger partial charge < -0.3 is 20.4 Å². The quantitative estimate of drug-likeness (QED) is 0.735. The van der Waals surface area contributed by atoms with Gasteiger partial charge in [-0.15, -0.1) is 0 Å². The van der Waals surface area contributed by atoms with Crippen LogP contribution in [0.3, 0.4) is 0 Å². The number of nitrogens with zero attached hydrogens (tertiary/aromatic N) is 2. The lowest BCUT2D eigenvalue weighted by atomic mass is 9.94. The first-order valence-electron chi connectivity index (χ1n) is 11.2. The van der Waals surface area contributed by atoms with Gasteiger partial charge in [-0.3, -0.25) is 19.2 Å². The summed E-state index contributed by atoms with van der Waals surface area (Å²) in [5.74, 6) is -0.845. The topological polar surface area (TPSA) is 98.8 Å². The summed E-state index contributed by atoms with van der Waals surface area (Å²) in [5, 5.41) is 5.61. The zero-order valence-electron chi connectivity index (χ0n) is 18.6. The van der Waals surface area contributed by atoms with Crippen molar-refractivity contribution in [2.24, 2.45) is 11.8 Å². The zero-order chi connectivity index (χ0) is 23.4. The van der Waals surface area contributed by atoms with E-state index in [0.29, 0.717) is 43.9 Å². The lowest BCUT2D eigenvalue weighted by Gasteiger charge is -2.33. The van der Waals surface area contributed by atoms with Crippen molar-refractivity contribution < 1.29 is 19.2 Å². The van der Waals surface area contributed by atoms with E-state index in [2.05, 4.69) is 10.6 Å². The number of hydrogen-bond donors (Lipinski definition) is 2. The molecule has 0 saturated carbocycles. The van der Waals surface area contributed by atoms with Crippen LogP contribution in [0.25, 0.3) is 0 Å².